The van der Waals surface area contributed by atoms with Crippen LogP contribution in [-0.2, 0) is 11.2 Å². The number of benzene rings is 2. The maximum Gasteiger partial charge on any atom is 0.258 e. The number of hydrogen-bond donors (Lipinski definition) is 1. The molecule has 0 radical (unpaired) electrons. The smallest absolute Gasteiger partial charge is 0.258 e. The van der Waals surface area contributed by atoms with E-state index in [1.54, 1.807) is 0 Å². The third-order valence-electron chi connectivity index (χ3n) is 5.69. The normalized spacial score (nSPS) is 16.3. The largest absolute Gasteiger partial charge is 0.475 e. The van der Waals surface area contributed by atoms with Crippen molar-refractivity contribution in [3.05, 3.63) is 54.1 Å². The fraction of sp³-hybridized carbons (Fsp3) is 0.400. The van der Waals surface area contributed by atoms with Gasteiger partial charge in [0.2, 0.25) is 5.91 Å². The Morgan fingerprint density at radius 2 is 1.84 bits per heavy atom. The summed E-state index contributed by atoms with van der Waals surface area (Å²) in [7, 11) is 0. The van der Waals surface area contributed by atoms with Crippen LogP contribution in [0, 0.1) is 5.92 Å². The lowest BCUT2D eigenvalue weighted by molar-refractivity contribution is -0.120. The number of anilines is 2. The number of nitrogens with one attached hydrogen (secondary N) is 1. The lowest BCUT2D eigenvalue weighted by Crippen LogP contribution is -2.41. The van der Waals surface area contributed by atoms with Crippen molar-refractivity contribution in [3.63, 3.8) is 0 Å². The average Bonchev–Trinajstić information content (AvgIpc) is 2.82. The Morgan fingerprint density at radius 3 is 2.55 bits per heavy atom. The highest BCUT2D eigenvalue weighted by Gasteiger charge is 2.29. The fourth-order valence-corrected chi connectivity index (χ4v) is 3.93. The summed E-state index contributed by atoms with van der Waals surface area (Å²) < 4.78 is 5.94. The second kappa shape index (κ2) is 9.77. The first-order valence-electron chi connectivity index (χ1n) is 11.2. The molecule has 4 rings (SSSR count). The summed E-state index contributed by atoms with van der Waals surface area (Å²) in [6.07, 6.45) is 3.67. The number of aryl methyl sites for hydroxylation is 1. The molecule has 0 saturated carbocycles. The first kappa shape index (κ1) is 21.1. The summed E-state index contributed by atoms with van der Waals surface area (Å²) in [5.41, 5.74) is 3.76. The molecule has 1 aliphatic rings. The van der Waals surface area contributed by atoms with Crippen LogP contribution in [0.5, 0.6) is 5.88 Å². The number of para-hydroxylation sites is 2. The number of carbonyl (C=O) groups is 1. The number of ether oxygens (including phenoxy) is 1. The van der Waals surface area contributed by atoms with Crippen molar-refractivity contribution in [3.8, 4) is 5.88 Å². The highest BCUT2D eigenvalue weighted by Crippen LogP contribution is 2.31. The summed E-state index contributed by atoms with van der Waals surface area (Å²) >= 11 is 0. The van der Waals surface area contributed by atoms with Crippen LogP contribution in [0.4, 0.5) is 11.5 Å². The standard InChI is InChI=1S/C25H30N4O2/c1-3-16-31-25-23(27-21-9-5-6-10-22(21)28-25)29-15-7-8-19(17-29)24(30)26-20-13-11-18(4-2)12-14-20/h5-6,9-14,19H,3-4,7-8,15-17H2,1-2H3,(H,26,30). The number of piperidine rings is 1. The van der Waals surface area contributed by atoms with Gasteiger partial charge in [0.1, 0.15) is 0 Å². The Hall–Kier alpha value is -3.15. The Kier molecular flexibility index (Phi) is 6.65. The van der Waals surface area contributed by atoms with E-state index < -0.39 is 0 Å². The van der Waals surface area contributed by atoms with E-state index >= 15 is 0 Å². The quantitative estimate of drug-likeness (QED) is 0.595. The van der Waals surface area contributed by atoms with E-state index in [4.69, 9.17) is 14.7 Å². The highest BCUT2D eigenvalue weighted by atomic mass is 16.5. The molecule has 0 bridgehead atoms. The summed E-state index contributed by atoms with van der Waals surface area (Å²) in [5, 5.41) is 3.08. The van der Waals surface area contributed by atoms with E-state index in [0.717, 1.165) is 54.8 Å². The predicted octanol–water partition coefficient (Wildman–Crippen LogP) is 4.84. The summed E-state index contributed by atoms with van der Waals surface area (Å²) in [5.74, 6) is 1.24. The molecule has 6 nitrogen and oxygen atoms in total. The molecule has 1 atom stereocenters. The van der Waals surface area contributed by atoms with Crippen molar-refractivity contribution in [2.24, 2.45) is 5.92 Å². The molecule has 1 fully saturated rings. The summed E-state index contributed by atoms with van der Waals surface area (Å²) in [4.78, 5) is 24.7. The van der Waals surface area contributed by atoms with Gasteiger partial charge in [-0.15, -0.1) is 0 Å². The first-order chi connectivity index (χ1) is 15.2. The van der Waals surface area contributed by atoms with Crippen molar-refractivity contribution in [2.45, 2.75) is 39.5 Å². The van der Waals surface area contributed by atoms with Gasteiger partial charge in [0.15, 0.2) is 5.82 Å². The zero-order chi connectivity index (χ0) is 21.6. The zero-order valence-corrected chi connectivity index (χ0v) is 18.3. The van der Waals surface area contributed by atoms with Gasteiger partial charge in [0, 0.05) is 18.8 Å². The van der Waals surface area contributed by atoms with Gasteiger partial charge in [-0.05, 0) is 55.5 Å². The number of carbonyl (C=O) groups excluding carboxylic acids is 1. The van der Waals surface area contributed by atoms with Crippen LogP contribution in [0.3, 0.4) is 0 Å². The minimum absolute atomic E-state index is 0.0544. The summed E-state index contributed by atoms with van der Waals surface area (Å²) in [6.45, 7) is 6.23. The Bertz CT molecular complexity index is 1040. The molecule has 1 saturated heterocycles. The van der Waals surface area contributed by atoms with Crippen molar-refractivity contribution >= 4 is 28.4 Å². The van der Waals surface area contributed by atoms with Crippen LogP contribution >= 0.6 is 0 Å². The van der Waals surface area contributed by atoms with Crippen molar-refractivity contribution in [2.75, 3.05) is 29.9 Å². The van der Waals surface area contributed by atoms with Gasteiger partial charge in [-0.1, -0.05) is 38.1 Å². The molecule has 1 unspecified atom stereocenters. The molecule has 3 aromatic rings. The number of hydrogen-bond acceptors (Lipinski definition) is 5. The van der Waals surface area contributed by atoms with Crippen LogP contribution in [0.1, 0.15) is 38.7 Å². The van der Waals surface area contributed by atoms with E-state index in [0.29, 0.717) is 19.0 Å². The molecule has 0 spiro atoms. The Balaban J connectivity index is 1.53. The number of fused-ring (bicyclic) bond motifs is 1. The first-order valence-corrected chi connectivity index (χ1v) is 11.2. The molecule has 1 aliphatic heterocycles. The third kappa shape index (κ3) is 4.95. The van der Waals surface area contributed by atoms with Crippen molar-refractivity contribution < 1.29 is 9.53 Å². The molecule has 162 valence electrons. The second-order valence-corrected chi connectivity index (χ2v) is 8.01. The Labute approximate surface area is 183 Å². The molecule has 2 heterocycles. The number of aromatic nitrogens is 2. The van der Waals surface area contributed by atoms with E-state index in [2.05, 4.69) is 36.2 Å². The van der Waals surface area contributed by atoms with Gasteiger partial charge in [0.05, 0.1) is 23.6 Å². The number of rotatable bonds is 7. The molecule has 1 amide bonds. The third-order valence-corrected chi connectivity index (χ3v) is 5.69. The Morgan fingerprint density at radius 1 is 1.10 bits per heavy atom. The molecule has 1 N–H and O–H groups in total. The van der Waals surface area contributed by atoms with Gasteiger partial charge >= 0.3 is 0 Å². The molecule has 2 aromatic carbocycles. The van der Waals surface area contributed by atoms with Crippen LogP contribution in [0.25, 0.3) is 11.0 Å². The van der Waals surface area contributed by atoms with Gasteiger partial charge in [-0.2, -0.15) is 0 Å². The van der Waals surface area contributed by atoms with E-state index in [1.807, 2.05) is 36.4 Å². The number of amides is 1. The minimum Gasteiger partial charge on any atom is -0.475 e. The SMILES string of the molecule is CCCOc1nc2ccccc2nc1N1CCCC(C(=O)Nc2ccc(CC)cc2)C1. The maximum atomic E-state index is 13.0. The molecular weight excluding hydrogens is 388 g/mol. The van der Waals surface area contributed by atoms with Crippen molar-refractivity contribution in [1.29, 1.82) is 0 Å². The van der Waals surface area contributed by atoms with Gasteiger partial charge in [-0.25, -0.2) is 9.97 Å². The topological polar surface area (TPSA) is 67.4 Å². The molecule has 1 aromatic heterocycles. The highest BCUT2D eigenvalue weighted by molar-refractivity contribution is 5.93. The van der Waals surface area contributed by atoms with E-state index in [9.17, 15) is 4.79 Å². The molecule has 0 aliphatic carbocycles. The lowest BCUT2D eigenvalue weighted by atomic mass is 9.97. The van der Waals surface area contributed by atoms with E-state index in [-0.39, 0.29) is 11.8 Å². The van der Waals surface area contributed by atoms with Crippen molar-refractivity contribution in [1.82, 2.24) is 9.97 Å². The maximum absolute atomic E-state index is 13.0. The van der Waals surface area contributed by atoms with Crippen LogP contribution in [-0.4, -0.2) is 35.6 Å². The molecule has 6 heteroatoms. The molecule has 31 heavy (non-hydrogen) atoms. The molecular formula is C25H30N4O2. The van der Waals surface area contributed by atoms with Gasteiger partial charge < -0.3 is 15.0 Å². The predicted molar refractivity (Wildman–Crippen MR) is 125 cm³/mol. The van der Waals surface area contributed by atoms with Crippen LogP contribution in [0.2, 0.25) is 0 Å². The van der Waals surface area contributed by atoms with Gasteiger partial charge in [0.25, 0.3) is 5.88 Å². The average molecular weight is 419 g/mol. The van der Waals surface area contributed by atoms with Crippen LogP contribution < -0.4 is 15.0 Å². The second-order valence-electron chi connectivity index (χ2n) is 8.01. The monoisotopic (exact) mass is 418 g/mol. The fourth-order valence-electron chi connectivity index (χ4n) is 3.93. The minimum atomic E-state index is -0.105. The summed E-state index contributed by atoms with van der Waals surface area (Å²) in [6, 6.07) is 15.9. The van der Waals surface area contributed by atoms with Gasteiger partial charge in [-0.3, -0.25) is 4.79 Å². The lowest BCUT2D eigenvalue weighted by Gasteiger charge is -2.33. The zero-order valence-electron chi connectivity index (χ0n) is 18.3. The van der Waals surface area contributed by atoms with Crippen LogP contribution in [0.15, 0.2) is 48.5 Å². The van der Waals surface area contributed by atoms with E-state index in [1.165, 1.54) is 5.56 Å². The number of nitrogens with zero attached hydrogens (tertiary/aromatic N) is 3.